The molecular formula is C17H25N3O. The lowest BCUT2D eigenvalue weighted by Crippen LogP contribution is -2.21. The van der Waals surface area contributed by atoms with Crippen LogP contribution in [0.4, 0.5) is 0 Å². The highest BCUT2D eigenvalue weighted by atomic mass is 16.5. The van der Waals surface area contributed by atoms with Gasteiger partial charge in [-0.2, -0.15) is 0 Å². The van der Waals surface area contributed by atoms with E-state index in [1.54, 1.807) is 7.11 Å². The second-order valence-electron chi connectivity index (χ2n) is 5.33. The first kappa shape index (κ1) is 15.6. The Morgan fingerprint density at radius 1 is 1.38 bits per heavy atom. The van der Waals surface area contributed by atoms with Crippen LogP contribution >= 0.6 is 0 Å². The topological polar surface area (TPSA) is 39.1 Å². The zero-order valence-corrected chi connectivity index (χ0v) is 13.4. The largest absolute Gasteiger partial charge is 0.496 e. The van der Waals surface area contributed by atoms with Crippen molar-refractivity contribution in [2.24, 2.45) is 0 Å². The van der Waals surface area contributed by atoms with E-state index in [1.165, 1.54) is 11.1 Å². The van der Waals surface area contributed by atoms with Gasteiger partial charge < -0.3 is 14.6 Å². The number of rotatable bonds is 7. The molecule has 1 heterocycles. The third-order valence-electron chi connectivity index (χ3n) is 3.77. The summed E-state index contributed by atoms with van der Waals surface area (Å²) in [6.07, 6.45) is 5.90. The van der Waals surface area contributed by atoms with E-state index < -0.39 is 0 Å². The molecule has 1 atom stereocenters. The van der Waals surface area contributed by atoms with Crippen molar-refractivity contribution in [2.45, 2.75) is 39.3 Å². The molecule has 4 heteroatoms. The first-order valence-electron chi connectivity index (χ1n) is 7.51. The standard InChI is InChI=1S/C17H25N3O/c1-5-9-20-10-8-19-17(20)12-15(18-3)14-7-6-13(2)11-16(14)21-4/h6-8,10-11,15,18H,5,9,12H2,1-4H3. The molecule has 1 unspecified atom stereocenters. The Balaban J connectivity index is 2.25. The second-order valence-corrected chi connectivity index (χ2v) is 5.33. The van der Waals surface area contributed by atoms with Crippen LogP contribution in [0, 0.1) is 6.92 Å². The lowest BCUT2D eigenvalue weighted by Gasteiger charge is -2.20. The second kappa shape index (κ2) is 7.27. The fourth-order valence-electron chi connectivity index (χ4n) is 2.63. The molecule has 0 aliphatic heterocycles. The SMILES string of the molecule is CCCn1ccnc1CC(NC)c1ccc(C)cc1OC. The summed E-state index contributed by atoms with van der Waals surface area (Å²) in [5.74, 6) is 2.04. The number of ether oxygens (including phenoxy) is 1. The maximum absolute atomic E-state index is 5.54. The number of nitrogens with zero attached hydrogens (tertiary/aromatic N) is 2. The van der Waals surface area contributed by atoms with Crippen LogP contribution in [0.1, 0.15) is 36.3 Å². The summed E-state index contributed by atoms with van der Waals surface area (Å²) >= 11 is 0. The molecule has 0 bridgehead atoms. The van der Waals surface area contributed by atoms with Crippen LogP contribution in [-0.2, 0) is 13.0 Å². The van der Waals surface area contributed by atoms with Gasteiger partial charge in [-0.05, 0) is 32.0 Å². The fraction of sp³-hybridized carbons (Fsp3) is 0.471. The summed E-state index contributed by atoms with van der Waals surface area (Å²) in [6.45, 7) is 5.27. The minimum atomic E-state index is 0.193. The molecule has 21 heavy (non-hydrogen) atoms. The number of aromatic nitrogens is 2. The van der Waals surface area contributed by atoms with E-state index in [-0.39, 0.29) is 6.04 Å². The van der Waals surface area contributed by atoms with Gasteiger partial charge in [-0.25, -0.2) is 4.98 Å². The lowest BCUT2D eigenvalue weighted by atomic mass is 10.0. The molecule has 0 aliphatic rings. The number of benzene rings is 1. The van der Waals surface area contributed by atoms with Gasteiger partial charge in [-0.1, -0.05) is 19.1 Å². The molecule has 1 aromatic carbocycles. The molecule has 2 rings (SSSR count). The predicted molar refractivity (Wildman–Crippen MR) is 85.8 cm³/mol. The van der Waals surface area contributed by atoms with Gasteiger partial charge in [0, 0.05) is 37.0 Å². The molecule has 0 aliphatic carbocycles. The third-order valence-corrected chi connectivity index (χ3v) is 3.77. The number of methoxy groups -OCH3 is 1. The van der Waals surface area contributed by atoms with Crippen molar-refractivity contribution in [1.82, 2.24) is 14.9 Å². The zero-order chi connectivity index (χ0) is 15.2. The molecule has 0 fully saturated rings. The number of hydrogen-bond acceptors (Lipinski definition) is 3. The normalized spacial score (nSPS) is 12.4. The Morgan fingerprint density at radius 3 is 2.86 bits per heavy atom. The molecule has 1 N–H and O–H groups in total. The van der Waals surface area contributed by atoms with Crippen LogP contribution in [0.3, 0.4) is 0 Å². The van der Waals surface area contributed by atoms with E-state index in [4.69, 9.17) is 4.74 Å². The summed E-state index contributed by atoms with van der Waals surface area (Å²) in [6, 6.07) is 6.54. The maximum atomic E-state index is 5.54. The van der Waals surface area contributed by atoms with E-state index in [9.17, 15) is 0 Å². The molecule has 0 amide bonds. The summed E-state index contributed by atoms with van der Waals surface area (Å²) < 4.78 is 7.77. The molecule has 0 saturated carbocycles. The highest BCUT2D eigenvalue weighted by molar-refractivity contribution is 5.39. The van der Waals surface area contributed by atoms with Gasteiger partial charge in [0.05, 0.1) is 7.11 Å². The molecule has 0 radical (unpaired) electrons. The monoisotopic (exact) mass is 287 g/mol. The van der Waals surface area contributed by atoms with Crippen molar-refractivity contribution < 1.29 is 4.74 Å². The number of nitrogens with one attached hydrogen (secondary N) is 1. The smallest absolute Gasteiger partial charge is 0.123 e. The zero-order valence-electron chi connectivity index (χ0n) is 13.4. The van der Waals surface area contributed by atoms with Crippen molar-refractivity contribution in [3.8, 4) is 5.75 Å². The highest BCUT2D eigenvalue weighted by Crippen LogP contribution is 2.28. The molecular weight excluding hydrogens is 262 g/mol. The number of imidazole rings is 1. The minimum Gasteiger partial charge on any atom is -0.496 e. The summed E-state index contributed by atoms with van der Waals surface area (Å²) in [7, 11) is 3.71. The van der Waals surface area contributed by atoms with E-state index in [0.29, 0.717) is 0 Å². The van der Waals surface area contributed by atoms with Crippen molar-refractivity contribution in [1.29, 1.82) is 0 Å². The quantitative estimate of drug-likeness (QED) is 0.850. The molecule has 0 saturated heterocycles. The van der Waals surface area contributed by atoms with Gasteiger partial charge in [0.15, 0.2) is 0 Å². The van der Waals surface area contributed by atoms with Crippen LogP contribution in [0.15, 0.2) is 30.6 Å². The third kappa shape index (κ3) is 3.64. The first-order chi connectivity index (χ1) is 10.2. The Morgan fingerprint density at radius 2 is 2.19 bits per heavy atom. The van der Waals surface area contributed by atoms with Gasteiger partial charge in [-0.15, -0.1) is 0 Å². The Labute approximate surface area is 127 Å². The lowest BCUT2D eigenvalue weighted by molar-refractivity contribution is 0.399. The van der Waals surface area contributed by atoms with Crippen LogP contribution in [0.25, 0.3) is 0 Å². The maximum Gasteiger partial charge on any atom is 0.123 e. The van der Waals surface area contributed by atoms with Gasteiger partial charge >= 0.3 is 0 Å². The summed E-state index contributed by atoms with van der Waals surface area (Å²) in [4.78, 5) is 4.50. The number of aryl methyl sites for hydroxylation is 2. The number of likely N-dealkylation sites (N-methyl/N-ethyl adjacent to an activating group) is 1. The molecule has 4 nitrogen and oxygen atoms in total. The number of hydrogen-bond donors (Lipinski definition) is 1. The molecule has 2 aromatic rings. The predicted octanol–water partition coefficient (Wildman–Crippen LogP) is 3.11. The van der Waals surface area contributed by atoms with E-state index in [2.05, 4.69) is 53.1 Å². The van der Waals surface area contributed by atoms with Crippen molar-refractivity contribution in [3.63, 3.8) is 0 Å². The van der Waals surface area contributed by atoms with Gasteiger partial charge in [0.2, 0.25) is 0 Å². The average molecular weight is 287 g/mol. The Bertz CT molecular complexity index is 577. The van der Waals surface area contributed by atoms with Gasteiger partial charge in [-0.3, -0.25) is 0 Å². The van der Waals surface area contributed by atoms with Crippen LogP contribution in [-0.4, -0.2) is 23.7 Å². The van der Waals surface area contributed by atoms with Crippen molar-refractivity contribution in [3.05, 3.63) is 47.5 Å². The van der Waals surface area contributed by atoms with Crippen LogP contribution in [0.5, 0.6) is 5.75 Å². The van der Waals surface area contributed by atoms with E-state index in [1.807, 2.05) is 13.2 Å². The Kier molecular flexibility index (Phi) is 5.39. The molecule has 0 spiro atoms. The summed E-state index contributed by atoms with van der Waals surface area (Å²) in [5, 5.41) is 3.39. The van der Waals surface area contributed by atoms with E-state index >= 15 is 0 Å². The minimum absolute atomic E-state index is 0.193. The van der Waals surface area contributed by atoms with Gasteiger partial charge in [0.1, 0.15) is 11.6 Å². The highest BCUT2D eigenvalue weighted by Gasteiger charge is 2.17. The Hall–Kier alpha value is -1.81. The van der Waals surface area contributed by atoms with Crippen LogP contribution in [0.2, 0.25) is 0 Å². The van der Waals surface area contributed by atoms with Crippen LogP contribution < -0.4 is 10.1 Å². The summed E-state index contributed by atoms with van der Waals surface area (Å²) in [5.41, 5.74) is 2.38. The molecule has 1 aromatic heterocycles. The fourth-order valence-corrected chi connectivity index (χ4v) is 2.63. The molecule has 114 valence electrons. The van der Waals surface area contributed by atoms with E-state index in [0.717, 1.165) is 31.0 Å². The first-order valence-corrected chi connectivity index (χ1v) is 7.51. The van der Waals surface area contributed by atoms with Crippen molar-refractivity contribution in [2.75, 3.05) is 14.2 Å². The van der Waals surface area contributed by atoms with Gasteiger partial charge in [0.25, 0.3) is 0 Å². The average Bonchev–Trinajstić information content (AvgIpc) is 2.92. The van der Waals surface area contributed by atoms with Crippen molar-refractivity contribution >= 4 is 0 Å².